The lowest BCUT2D eigenvalue weighted by Crippen LogP contribution is -2.21. The van der Waals surface area contributed by atoms with Crippen molar-refractivity contribution >= 4 is 11.7 Å². The van der Waals surface area contributed by atoms with Gasteiger partial charge >= 0.3 is 0 Å². The number of amides is 1. The van der Waals surface area contributed by atoms with E-state index < -0.39 is 0 Å². The molecule has 0 saturated carbocycles. The fraction of sp³-hybridized carbons (Fsp3) is 0.500. The predicted octanol–water partition coefficient (Wildman–Crippen LogP) is 1.75. The Morgan fingerprint density at radius 3 is 2.73 bits per heavy atom. The Bertz CT molecular complexity index is 327. The number of allylic oxidation sites excluding steroid dienone is 4. The summed E-state index contributed by atoms with van der Waals surface area (Å²) in [5, 5.41) is 2.67. The second-order valence-corrected chi connectivity index (χ2v) is 3.86. The van der Waals surface area contributed by atoms with Gasteiger partial charge in [0.05, 0.1) is 0 Å². The summed E-state index contributed by atoms with van der Waals surface area (Å²) in [4.78, 5) is 22.2. The Kier molecular flexibility index (Phi) is 4.28. The van der Waals surface area contributed by atoms with Gasteiger partial charge in [-0.2, -0.15) is 0 Å². The van der Waals surface area contributed by atoms with Crippen LogP contribution in [0.2, 0.25) is 0 Å². The summed E-state index contributed by atoms with van der Waals surface area (Å²) in [7, 11) is 0. The molecule has 0 spiro atoms. The number of carbonyl (C=O) groups excluding carboxylic acids is 2. The van der Waals surface area contributed by atoms with E-state index >= 15 is 0 Å². The molecule has 0 unspecified atom stereocenters. The number of Topliss-reactive ketones (excluding diaryl/α,β-unsaturated/α-hetero) is 1. The summed E-state index contributed by atoms with van der Waals surface area (Å²) in [5.74, 6) is 0.135. The molecule has 0 heterocycles. The molecule has 0 aliphatic heterocycles. The van der Waals surface area contributed by atoms with E-state index in [1.165, 1.54) is 12.5 Å². The van der Waals surface area contributed by atoms with E-state index in [0.717, 1.165) is 12.0 Å². The van der Waals surface area contributed by atoms with Crippen LogP contribution in [0.1, 0.15) is 33.1 Å². The number of carbonyl (C=O) groups is 2. The van der Waals surface area contributed by atoms with E-state index in [1.807, 2.05) is 19.1 Å². The first-order chi connectivity index (χ1) is 7.09. The lowest BCUT2D eigenvalue weighted by Gasteiger charge is -2.01. The lowest BCUT2D eigenvalue weighted by atomic mass is 10.1. The molecule has 0 radical (unpaired) electrons. The third kappa shape index (κ3) is 4.11. The monoisotopic (exact) mass is 207 g/mol. The van der Waals surface area contributed by atoms with Crippen LogP contribution in [-0.4, -0.2) is 18.2 Å². The van der Waals surface area contributed by atoms with Gasteiger partial charge in [0, 0.05) is 25.5 Å². The fourth-order valence-electron chi connectivity index (χ4n) is 1.51. The van der Waals surface area contributed by atoms with Crippen LogP contribution in [0, 0.1) is 0 Å². The molecule has 0 aromatic carbocycles. The summed E-state index contributed by atoms with van der Waals surface area (Å²) in [5.41, 5.74) is 2.07. The van der Waals surface area contributed by atoms with Crippen LogP contribution in [-0.2, 0) is 9.59 Å². The quantitative estimate of drug-likeness (QED) is 0.698. The van der Waals surface area contributed by atoms with Gasteiger partial charge in [0.15, 0.2) is 5.78 Å². The number of hydrogen-bond donors (Lipinski definition) is 1. The zero-order chi connectivity index (χ0) is 11.3. The van der Waals surface area contributed by atoms with E-state index in [0.29, 0.717) is 19.4 Å². The van der Waals surface area contributed by atoms with Crippen LogP contribution in [0.25, 0.3) is 0 Å². The van der Waals surface area contributed by atoms with Crippen LogP contribution in [0.15, 0.2) is 23.3 Å². The summed E-state index contributed by atoms with van der Waals surface area (Å²) < 4.78 is 0. The normalized spacial score (nSPS) is 14.5. The highest BCUT2D eigenvalue weighted by Gasteiger charge is 2.10. The van der Waals surface area contributed by atoms with Crippen molar-refractivity contribution in [1.29, 1.82) is 0 Å². The minimum Gasteiger partial charge on any atom is -0.356 e. The minimum absolute atomic E-state index is 0.0433. The van der Waals surface area contributed by atoms with Crippen LogP contribution in [0.3, 0.4) is 0 Å². The van der Waals surface area contributed by atoms with Crippen molar-refractivity contribution < 1.29 is 9.59 Å². The zero-order valence-corrected chi connectivity index (χ0v) is 9.30. The van der Waals surface area contributed by atoms with E-state index in [4.69, 9.17) is 0 Å². The molecule has 0 fully saturated rings. The molecule has 1 N–H and O–H groups in total. The maximum atomic E-state index is 11.6. The zero-order valence-electron chi connectivity index (χ0n) is 9.30. The molecular weight excluding hydrogens is 190 g/mol. The lowest BCUT2D eigenvalue weighted by molar-refractivity contribution is -0.119. The van der Waals surface area contributed by atoms with Crippen molar-refractivity contribution in [2.75, 3.05) is 6.54 Å². The Balaban J connectivity index is 2.23. The standard InChI is InChI=1S/C12H17NO2/c1-9-5-6-11(8-9)12(15)4-3-7-13-10(2)14/h6,8H,3-5,7H2,1-2H3,(H,13,14). The molecular formula is C12H17NO2. The van der Waals surface area contributed by atoms with Crippen LogP contribution >= 0.6 is 0 Å². The average molecular weight is 207 g/mol. The van der Waals surface area contributed by atoms with Gasteiger partial charge in [-0.1, -0.05) is 17.7 Å². The van der Waals surface area contributed by atoms with Gasteiger partial charge in [0.1, 0.15) is 0 Å². The van der Waals surface area contributed by atoms with Crippen molar-refractivity contribution in [3.63, 3.8) is 0 Å². The highest BCUT2D eigenvalue weighted by molar-refractivity contribution is 5.98. The molecule has 0 atom stereocenters. The Morgan fingerprint density at radius 2 is 2.20 bits per heavy atom. The fourth-order valence-corrected chi connectivity index (χ4v) is 1.51. The Labute approximate surface area is 90.2 Å². The molecule has 3 heteroatoms. The van der Waals surface area contributed by atoms with E-state index in [9.17, 15) is 9.59 Å². The first-order valence-electron chi connectivity index (χ1n) is 5.24. The summed E-state index contributed by atoms with van der Waals surface area (Å²) in [6, 6.07) is 0. The molecule has 1 rings (SSSR count). The summed E-state index contributed by atoms with van der Waals surface area (Å²) >= 11 is 0. The molecule has 15 heavy (non-hydrogen) atoms. The molecule has 1 aliphatic carbocycles. The molecule has 0 aromatic rings. The summed E-state index contributed by atoms with van der Waals surface area (Å²) in [6.45, 7) is 4.08. The smallest absolute Gasteiger partial charge is 0.216 e. The van der Waals surface area contributed by atoms with E-state index in [-0.39, 0.29) is 11.7 Å². The predicted molar refractivity (Wildman–Crippen MR) is 59.4 cm³/mol. The Hall–Kier alpha value is -1.38. The van der Waals surface area contributed by atoms with Crippen molar-refractivity contribution in [2.24, 2.45) is 0 Å². The Morgan fingerprint density at radius 1 is 1.47 bits per heavy atom. The molecule has 0 aromatic heterocycles. The molecule has 3 nitrogen and oxygen atoms in total. The topological polar surface area (TPSA) is 46.2 Å². The number of hydrogen-bond acceptors (Lipinski definition) is 2. The maximum Gasteiger partial charge on any atom is 0.216 e. The van der Waals surface area contributed by atoms with Crippen molar-refractivity contribution in [3.8, 4) is 0 Å². The molecule has 1 aliphatic rings. The van der Waals surface area contributed by atoms with Gasteiger partial charge in [-0.25, -0.2) is 0 Å². The van der Waals surface area contributed by atoms with Crippen molar-refractivity contribution in [2.45, 2.75) is 33.1 Å². The van der Waals surface area contributed by atoms with Crippen molar-refractivity contribution in [1.82, 2.24) is 5.32 Å². The van der Waals surface area contributed by atoms with Crippen LogP contribution in [0.4, 0.5) is 0 Å². The first-order valence-corrected chi connectivity index (χ1v) is 5.24. The highest BCUT2D eigenvalue weighted by atomic mass is 16.1. The van der Waals surface area contributed by atoms with Gasteiger partial charge in [0.2, 0.25) is 5.91 Å². The van der Waals surface area contributed by atoms with E-state index in [2.05, 4.69) is 5.32 Å². The largest absolute Gasteiger partial charge is 0.356 e. The van der Waals surface area contributed by atoms with Crippen LogP contribution < -0.4 is 5.32 Å². The highest BCUT2D eigenvalue weighted by Crippen LogP contribution is 2.18. The van der Waals surface area contributed by atoms with Gasteiger partial charge < -0.3 is 5.32 Å². The first kappa shape index (κ1) is 11.7. The second-order valence-electron chi connectivity index (χ2n) is 3.86. The maximum absolute atomic E-state index is 11.6. The van der Waals surface area contributed by atoms with Crippen LogP contribution in [0.5, 0.6) is 0 Å². The van der Waals surface area contributed by atoms with Gasteiger partial charge in [-0.15, -0.1) is 0 Å². The second kappa shape index (κ2) is 5.49. The van der Waals surface area contributed by atoms with E-state index in [1.54, 1.807) is 0 Å². The van der Waals surface area contributed by atoms with Gasteiger partial charge in [0.25, 0.3) is 0 Å². The molecule has 1 amide bonds. The number of ketones is 1. The molecule has 82 valence electrons. The molecule has 0 bridgehead atoms. The average Bonchev–Trinajstić information content (AvgIpc) is 2.59. The third-order valence-electron chi connectivity index (χ3n) is 2.32. The minimum atomic E-state index is -0.0433. The van der Waals surface area contributed by atoms with Gasteiger partial charge in [-0.3, -0.25) is 9.59 Å². The number of rotatable bonds is 5. The van der Waals surface area contributed by atoms with Gasteiger partial charge in [-0.05, 0) is 19.8 Å². The van der Waals surface area contributed by atoms with Crippen molar-refractivity contribution in [3.05, 3.63) is 23.3 Å². The number of nitrogens with one attached hydrogen (secondary N) is 1. The third-order valence-corrected chi connectivity index (χ3v) is 2.32. The summed E-state index contributed by atoms with van der Waals surface area (Å²) in [6.07, 6.45) is 6.03. The SMILES string of the molecule is CC(=O)NCCCC(=O)C1=CCC(C)=C1. The molecule has 0 saturated heterocycles.